The maximum atomic E-state index is 6.04. The standard InChI is InChI=1S/C25H20N8/c26-23-24-29-25(30-31(24)14-13-27-23)33(20-9-5-2-6-10-20)21-12-11-19-16-28-32(22(19)15-21)17-18-7-3-1-4-8-18/h1-16H,17H2,(H2,26,27). The van der Waals surface area contributed by atoms with Crippen LogP contribution >= 0.6 is 0 Å². The maximum absolute atomic E-state index is 6.04. The summed E-state index contributed by atoms with van der Waals surface area (Å²) in [6, 6.07) is 26.6. The molecule has 6 aromatic rings. The van der Waals surface area contributed by atoms with Crippen molar-refractivity contribution >= 4 is 39.7 Å². The van der Waals surface area contributed by atoms with Gasteiger partial charge in [-0.2, -0.15) is 10.1 Å². The van der Waals surface area contributed by atoms with Crippen molar-refractivity contribution < 1.29 is 0 Å². The second-order valence-electron chi connectivity index (χ2n) is 7.69. The van der Waals surface area contributed by atoms with Crippen LogP contribution in [0.2, 0.25) is 0 Å². The van der Waals surface area contributed by atoms with Gasteiger partial charge in [0.15, 0.2) is 11.5 Å². The van der Waals surface area contributed by atoms with Gasteiger partial charge < -0.3 is 5.73 Å². The molecular weight excluding hydrogens is 412 g/mol. The van der Waals surface area contributed by atoms with Gasteiger partial charge in [-0.1, -0.05) is 48.5 Å². The van der Waals surface area contributed by atoms with Gasteiger partial charge in [-0.05, 0) is 35.9 Å². The molecule has 3 aromatic carbocycles. The predicted octanol–water partition coefficient (Wildman–Crippen LogP) is 4.57. The van der Waals surface area contributed by atoms with Crippen molar-refractivity contribution in [3.63, 3.8) is 0 Å². The Labute approximate surface area is 189 Å². The fourth-order valence-corrected chi connectivity index (χ4v) is 3.96. The average Bonchev–Trinajstić information content (AvgIpc) is 3.46. The Balaban J connectivity index is 1.50. The molecule has 0 atom stereocenters. The predicted molar refractivity (Wildman–Crippen MR) is 129 cm³/mol. The second-order valence-corrected chi connectivity index (χ2v) is 7.69. The number of para-hydroxylation sites is 1. The van der Waals surface area contributed by atoms with Crippen molar-refractivity contribution in [2.45, 2.75) is 6.54 Å². The van der Waals surface area contributed by atoms with Crippen LogP contribution in [0.3, 0.4) is 0 Å². The first-order valence-electron chi connectivity index (χ1n) is 10.6. The van der Waals surface area contributed by atoms with E-state index in [9.17, 15) is 0 Å². The van der Waals surface area contributed by atoms with Gasteiger partial charge in [-0.25, -0.2) is 9.50 Å². The number of nitrogens with zero attached hydrogens (tertiary/aromatic N) is 7. The zero-order valence-electron chi connectivity index (χ0n) is 17.7. The molecule has 0 fully saturated rings. The summed E-state index contributed by atoms with van der Waals surface area (Å²) in [5.74, 6) is 0.843. The summed E-state index contributed by atoms with van der Waals surface area (Å²) in [5, 5.41) is 10.4. The molecule has 0 spiro atoms. The van der Waals surface area contributed by atoms with Gasteiger partial charge in [0.25, 0.3) is 5.95 Å². The van der Waals surface area contributed by atoms with Crippen LogP contribution in [0, 0.1) is 0 Å². The van der Waals surface area contributed by atoms with Crippen LogP contribution in [0.25, 0.3) is 16.6 Å². The molecule has 0 bridgehead atoms. The number of aromatic nitrogens is 6. The molecular formula is C25H20N8. The van der Waals surface area contributed by atoms with Gasteiger partial charge in [0.2, 0.25) is 0 Å². The van der Waals surface area contributed by atoms with Gasteiger partial charge in [0, 0.05) is 23.5 Å². The summed E-state index contributed by atoms with van der Waals surface area (Å²) in [5.41, 5.74) is 10.6. The lowest BCUT2D eigenvalue weighted by molar-refractivity contribution is 0.712. The molecule has 0 radical (unpaired) electrons. The zero-order chi connectivity index (χ0) is 22.2. The summed E-state index contributed by atoms with van der Waals surface area (Å²) < 4.78 is 3.65. The maximum Gasteiger partial charge on any atom is 0.254 e. The van der Waals surface area contributed by atoms with Crippen LogP contribution in [0.15, 0.2) is 97.5 Å². The van der Waals surface area contributed by atoms with Crippen molar-refractivity contribution in [1.29, 1.82) is 0 Å². The lowest BCUT2D eigenvalue weighted by Gasteiger charge is -2.21. The highest BCUT2D eigenvalue weighted by Crippen LogP contribution is 2.34. The Kier molecular flexibility index (Phi) is 4.47. The van der Waals surface area contributed by atoms with E-state index in [1.807, 2.05) is 64.3 Å². The van der Waals surface area contributed by atoms with Crippen LogP contribution in [0.1, 0.15) is 5.56 Å². The number of nitrogen functional groups attached to an aromatic ring is 1. The van der Waals surface area contributed by atoms with E-state index in [0.717, 1.165) is 22.3 Å². The van der Waals surface area contributed by atoms with Crippen molar-refractivity contribution in [1.82, 2.24) is 29.4 Å². The Morgan fingerprint density at radius 1 is 0.879 bits per heavy atom. The number of benzene rings is 3. The van der Waals surface area contributed by atoms with Gasteiger partial charge >= 0.3 is 0 Å². The monoisotopic (exact) mass is 432 g/mol. The van der Waals surface area contributed by atoms with Crippen molar-refractivity contribution in [2.75, 3.05) is 10.6 Å². The minimum atomic E-state index is 0.334. The van der Waals surface area contributed by atoms with E-state index in [4.69, 9.17) is 10.7 Å². The molecule has 160 valence electrons. The van der Waals surface area contributed by atoms with E-state index in [1.54, 1.807) is 16.9 Å². The number of anilines is 4. The lowest BCUT2D eigenvalue weighted by atomic mass is 10.2. The van der Waals surface area contributed by atoms with Gasteiger partial charge in [0.1, 0.15) is 0 Å². The lowest BCUT2D eigenvalue weighted by Crippen LogP contribution is -2.12. The molecule has 0 saturated carbocycles. The first-order chi connectivity index (χ1) is 16.3. The molecule has 6 rings (SSSR count). The Hall–Kier alpha value is -4.72. The van der Waals surface area contributed by atoms with Gasteiger partial charge in [0.05, 0.1) is 23.9 Å². The van der Waals surface area contributed by atoms with E-state index in [2.05, 4.69) is 45.5 Å². The van der Waals surface area contributed by atoms with Crippen molar-refractivity contribution in [3.8, 4) is 0 Å². The van der Waals surface area contributed by atoms with E-state index in [1.165, 1.54) is 5.56 Å². The second kappa shape index (κ2) is 7.76. The summed E-state index contributed by atoms with van der Waals surface area (Å²) in [7, 11) is 0. The molecule has 0 aliphatic carbocycles. The van der Waals surface area contributed by atoms with Crippen LogP contribution in [0.4, 0.5) is 23.1 Å². The van der Waals surface area contributed by atoms with Crippen LogP contribution in [-0.4, -0.2) is 29.4 Å². The topological polar surface area (TPSA) is 90.2 Å². The fraction of sp³-hybridized carbons (Fsp3) is 0.0400. The van der Waals surface area contributed by atoms with E-state index >= 15 is 0 Å². The van der Waals surface area contributed by atoms with E-state index in [-0.39, 0.29) is 0 Å². The summed E-state index contributed by atoms with van der Waals surface area (Å²) in [4.78, 5) is 10.8. The molecule has 3 heterocycles. The van der Waals surface area contributed by atoms with Gasteiger partial charge in [-0.15, -0.1) is 5.10 Å². The molecule has 0 amide bonds. The third-order valence-electron chi connectivity index (χ3n) is 5.55. The highest BCUT2D eigenvalue weighted by molar-refractivity contribution is 5.86. The molecule has 33 heavy (non-hydrogen) atoms. The number of rotatable bonds is 5. The molecule has 8 heteroatoms. The SMILES string of the molecule is Nc1nccn2nc(N(c3ccccc3)c3ccc4cnn(Cc5ccccc5)c4c3)nc12. The third kappa shape index (κ3) is 3.43. The Morgan fingerprint density at radius 3 is 2.45 bits per heavy atom. The first-order valence-corrected chi connectivity index (χ1v) is 10.6. The van der Waals surface area contributed by atoms with Gasteiger partial charge in [-0.3, -0.25) is 9.58 Å². The largest absolute Gasteiger partial charge is 0.381 e. The smallest absolute Gasteiger partial charge is 0.254 e. The quantitative estimate of drug-likeness (QED) is 0.429. The van der Waals surface area contributed by atoms with Crippen molar-refractivity contribution in [2.24, 2.45) is 0 Å². The molecule has 2 N–H and O–H groups in total. The van der Waals surface area contributed by atoms with Crippen LogP contribution in [-0.2, 0) is 6.54 Å². The number of hydrogen-bond acceptors (Lipinski definition) is 6. The third-order valence-corrected chi connectivity index (χ3v) is 5.55. The number of nitrogens with two attached hydrogens (primary N) is 1. The van der Waals surface area contributed by atoms with Crippen molar-refractivity contribution in [3.05, 3.63) is 103 Å². The average molecular weight is 432 g/mol. The molecule has 8 nitrogen and oxygen atoms in total. The van der Waals surface area contributed by atoms with E-state index in [0.29, 0.717) is 24.0 Å². The summed E-state index contributed by atoms with van der Waals surface area (Å²) in [6.45, 7) is 0.688. The zero-order valence-corrected chi connectivity index (χ0v) is 17.7. The van der Waals surface area contributed by atoms with Crippen LogP contribution in [0.5, 0.6) is 0 Å². The highest BCUT2D eigenvalue weighted by Gasteiger charge is 2.19. The minimum Gasteiger partial charge on any atom is -0.381 e. The molecule has 0 saturated heterocycles. The van der Waals surface area contributed by atoms with E-state index < -0.39 is 0 Å². The Bertz CT molecular complexity index is 1550. The number of fused-ring (bicyclic) bond motifs is 2. The molecule has 3 aromatic heterocycles. The summed E-state index contributed by atoms with van der Waals surface area (Å²) in [6.07, 6.45) is 5.25. The fourth-order valence-electron chi connectivity index (χ4n) is 3.96. The first kappa shape index (κ1) is 19.0. The highest BCUT2D eigenvalue weighted by atomic mass is 15.4. The molecule has 0 unspecified atom stereocenters. The molecule has 0 aliphatic rings. The summed E-state index contributed by atoms with van der Waals surface area (Å²) >= 11 is 0. The van der Waals surface area contributed by atoms with Crippen LogP contribution < -0.4 is 10.6 Å². The number of hydrogen-bond donors (Lipinski definition) is 1. The Morgan fingerprint density at radius 2 is 1.67 bits per heavy atom. The normalized spacial score (nSPS) is 11.3. The minimum absolute atomic E-state index is 0.334. The molecule has 0 aliphatic heterocycles.